The van der Waals surface area contributed by atoms with Crippen LogP contribution in [-0.4, -0.2) is 54.3 Å². The maximum atomic E-state index is 13.0. The summed E-state index contributed by atoms with van der Waals surface area (Å²) in [5.41, 5.74) is 8.34. The average Bonchev–Trinajstić information content (AvgIpc) is 3.38. The van der Waals surface area contributed by atoms with Gasteiger partial charge in [0.1, 0.15) is 0 Å². The van der Waals surface area contributed by atoms with Crippen molar-refractivity contribution < 1.29 is 29.6 Å². The van der Waals surface area contributed by atoms with Crippen LogP contribution in [0.2, 0.25) is 0 Å². The summed E-state index contributed by atoms with van der Waals surface area (Å²) in [4.78, 5) is 34.6. The summed E-state index contributed by atoms with van der Waals surface area (Å²) in [7, 11) is 0. The Morgan fingerprint density at radius 2 is 1.26 bits per heavy atom. The second kappa shape index (κ2) is 18.8. The lowest BCUT2D eigenvalue weighted by atomic mass is 9.55. The monoisotopic (exact) mass is 841 g/mol. The number of nitrogens with zero attached hydrogens (tertiary/aromatic N) is 2. The number of fused-ring (bicyclic) bond motifs is 6. The lowest BCUT2D eigenvalue weighted by Gasteiger charge is -2.51. The quantitative estimate of drug-likeness (QED) is 0.120. The van der Waals surface area contributed by atoms with Gasteiger partial charge in [-0.2, -0.15) is 0 Å². The number of aryl methyl sites for hydroxylation is 2. The molecule has 62 heavy (non-hydrogen) atoms. The maximum Gasteiger partial charge on any atom is 0.167 e. The first-order valence-corrected chi connectivity index (χ1v) is 23.3. The van der Waals surface area contributed by atoms with Crippen molar-refractivity contribution in [3.8, 4) is 0 Å². The van der Waals surface area contributed by atoms with Crippen LogP contribution in [0.1, 0.15) is 170 Å². The highest BCUT2D eigenvalue weighted by Crippen LogP contribution is 2.55. The predicted molar refractivity (Wildman–Crippen MR) is 245 cm³/mol. The van der Waals surface area contributed by atoms with E-state index in [0.717, 1.165) is 110 Å². The van der Waals surface area contributed by atoms with E-state index >= 15 is 0 Å². The highest BCUT2D eigenvalue weighted by Gasteiger charge is 2.53. The topological polar surface area (TPSA) is 130 Å². The molecule has 3 aliphatic carbocycles. The van der Waals surface area contributed by atoms with Crippen LogP contribution in [0.15, 0.2) is 79.1 Å². The molecule has 0 radical (unpaired) electrons. The number of hydrogen-bond donors (Lipinski definition) is 3. The van der Waals surface area contributed by atoms with Crippen molar-refractivity contribution >= 4 is 17.6 Å². The first kappa shape index (κ1) is 45.7. The van der Waals surface area contributed by atoms with Crippen LogP contribution in [-0.2, 0) is 35.0 Å². The Labute approximate surface area is 369 Å². The zero-order chi connectivity index (χ0) is 44.3. The third-order valence-electron chi connectivity index (χ3n) is 15.5. The molecule has 2 aromatic heterocycles. The summed E-state index contributed by atoms with van der Waals surface area (Å²) in [6.07, 6.45) is 18.0. The van der Waals surface area contributed by atoms with Gasteiger partial charge >= 0.3 is 0 Å². The van der Waals surface area contributed by atoms with Crippen molar-refractivity contribution in [3.63, 3.8) is 0 Å². The van der Waals surface area contributed by atoms with Crippen molar-refractivity contribution in [2.75, 3.05) is 0 Å². The molecule has 2 saturated carbocycles. The van der Waals surface area contributed by atoms with Gasteiger partial charge < -0.3 is 20.1 Å². The van der Waals surface area contributed by atoms with E-state index in [4.69, 9.17) is 4.74 Å². The van der Waals surface area contributed by atoms with E-state index in [2.05, 4.69) is 68.0 Å². The van der Waals surface area contributed by atoms with Crippen LogP contribution < -0.4 is 0 Å². The summed E-state index contributed by atoms with van der Waals surface area (Å²) < 4.78 is 5.89. The molecule has 0 bridgehead atoms. The third kappa shape index (κ3) is 9.04. The number of hydrogen-bond acceptors (Lipinski definition) is 8. The normalized spacial score (nSPS) is 28.6. The molecule has 8 heteroatoms. The molecular formula is C54H68N2O6. The Balaban J connectivity index is 0.000000187. The Morgan fingerprint density at radius 1 is 0.710 bits per heavy atom. The Bertz CT molecular complexity index is 2290. The molecule has 4 aromatic rings. The van der Waals surface area contributed by atoms with Crippen LogP contribution in [0.4, 0.5) is 0 Å². The number of Topliss-reactive ketones (excluding diaryl/α,β-unsaturated/α-hetero) is 2. The molecule has 2 aromatic carbocycles. The van der Waals surface area contributed by atoms with E-state index in [-0.39, 0.29) is 34.9 Å². The van der Waals surface area contributed by atoms with Gasteiger partial charge in [-0.3, -0.25) is 19.6 Å². The second-order valence-electron chi connectivity index (χ2n) is 19.0. The smallest absolute Gasteiger partial charge is 0.167 e. The first-order chi connectivity index (χ1) is 29.7. The molecule has 3 N–H and O–H groups in total. The van der Waals surface area contributed by atoms with Crippen molar-refractivity contribution in [3.05, 3.63) is 135 Å². The molecule has 0 amide bonds. The Kier molecular flexibility index (Phi) is 13.8. The lowest BCUT2D eigenvalue weighted by Crippen LogP contribution is -2.51. The second-order valence-corrected chi connectivity index (χ2v) is 19.0. The number of rotatable bonds is 12. The molecule has 1 unspecified atom stereocenters. The van der Waals surface area contributed by atoms with Gasteiger partial charge in [-0.15, -0.1) is 0 Å². The van der Waals surface area contributed by atoms with E-state index in [1.54, 1.807) is 12.4 Å². The molecule has 3 heterocycles. The highest BCUT2D eigenvalue weighted by molar-refractivity contribution is 5.99. The number of aliphatic hydroxyl groups excluding tert-OH is 1. The summed E-state index contributed by atoms with van der Waals surface area (Å²) in [5.74, 6) is 0.381. The van der Waals surface area contributed by atoms with Gasteiger partial charge in [-0.05, 0) is 142 Å². The molecule has 1 aliphatic heterocycles. The number of carbonyl (C=O) groups excluding carboxylic acids is 2. The molecule has 8 rings (SSSR count). The molecule has 7 atom stereocenters. The molecule has 2 fully saturated rings. The van der Waals surface area contributed by atoms with Crippen LogP contribution in [0.5, 0.6) is 0 Å². The predicted octanol–water partition coefficient (Wildman–Crippen LogP) is 10.5. The van der Waals surface area contributed by atoms with Crippen molar-refractivity contribution in [2.24, 2.45) is 11.8 Å². The van der Waals surface area contributed by atoms with Gasteiger partial charge in [0, 0.05) is 64.5 Å². The van der Waals surface area contributed by atoms with Gasteiger partial charge in [0.2, 0.25) is 0 Å². The van der Waals surface area contributed by atoms with Crippen LogP contribution in [0.25, 0.3) is 6.08 Å². The average molecular weight is 841 g/mol. The van der Waals surface area contributed by atoms with E-state index in [0.29, 0.717) is 30.7 Å². The fourth-order valence-corrected chi connectivity index (χ4v) is 11.8. The van der Waals surface area contributed by atoms with E-state index in [1.165, 1.54) is 11.1 Å². The summed E-state index contributed by atoms with van der Waals surface area (Å²) in [6.45, 7) is 12.8. The van der Waals surface area contributed by atoms with E-state index in [1.807, 2.05) is 56.3 Å². The molecule has 0 spiro atoms. The zero-order valence-electron chi connectivity index (χ0n) is 37.9. The van der Waals surface area contributed by atoms with Gasteiger partial charge in [-0.25, -0.2) is 0 Å². The number of carbonyl (C=O) groups is 2. The Hall–Kier alpha value is -4.34. The van der Waals surface area contributed by atoms with Gasteiger partial charge in [-0.1, -0.05) is 89.1 Å². The standard InChI is InChI=1S/C27H35NO4.C27H33NO2/c1-4-10-26(31)11-12-27(5-2)22-9-8-20(14-21(22)17-32-25(30)23(27)16-26)24(29)15-19-7-6-13-28-18(19)3;1-4-12-26(30)13-14-27(5-2)23(18-26)10-8-21-16-22(9-11-24(21)27)25(29)17-20-7-6-15-28-19(20)3/h6-9,13-14,23,25,30-31H,4-5,10-12,15-17H2,1-3H3;6-11,15-16,23,30H,4-5,12-14,17-18H2,1-3H3/t23-,25?,26-,27+;23-,26+,27+/m10/s1. The van der Waals surface area contributed by atoms with E-state index in [9.17, 15) is 24.9 Å². The molecule has 4 aliphatic rings. The zero-order valence-corrected chi connectivity index (χ0v) is 37.9. The van der Waals surface area contributed by atoms with Crippen molar-refractivity contribution in [2.45, 2.75) is 166 Å². The number of pyridine rings is 2. The first-order valence-electron chi connectivity index (χ1n) is 23.3. The van der Waals surface area contributed by atoms with Gasteiger partial charge in [0.15, 0.2) is 17.9 Å². The maximum absolute atomic E-state index is 13.0. The number of aromatic nitrogens is 2. The van der Waals surface area contributed by atoms with Gasteiger partial charge in [0.25, 0.3) is 0 Å². The minimum atomic E-state index is -0.928. The number of ketones is 2. The van der Waals surface area contributed by atoms with Crippen LogP contribution >= 0.6 is 0 Å². The molecule has 0 saturated heterocycles. The van der Waals surface area contributed by atoms with Crippen LogP contribution in [0.3, 0.4) is 0 Å². The van der Waals surface area contributed by atoms with Crippen LogP contribution in [0, 0.1) is 25.7 Å². The van der Waals surface area contributed by atoms with E-state index < -0.39 is 17.5 Å². The summed E-state index contributed by atoms with van der Waals surface area (Å²) >= 11 is 0. The minimum absolute atomic E-state index is 0.0526. The number of aliphatic hydroxyl groups is 3. The SMILES string of the molecule is CCC[C@@]1(O)CC[C@@]2(CC)c3ccc(C(=O)Cc4cccnc4C)cc3C=C[C@H]2C1.CCC[C@@]1(O)CC[C@@]2(CC)c3ccc(C(=O)Cc4cccnc4C)cc3COC(O)[C@H]2C1. The number of allylic oxidation sites excluding steroid dienone is 1. The van der Waals surface area contributed by atoms with Crippen molar-refractivity contribution in [1.82, 2.24) is 9.97 Å². The summed E-state index contributed by atoms with van der Waals surface area (Å²) in [5, 5.41) is 33.2. The lowest BCUT2D eigenvalue weighted by molar-refractivity contribution is -0.184. The fraction of sp³-hybridized carbons (Fsp3) is 0.519. The Morgan fingerprint density at radius 3 is 1.82 bits per heavy atom. The third-order valence-corrected chi connectivity index (χ3v) is 15.5. The minimum Gasteiger partial charge on any atom is -0.390 e. The largest absolute Gasteiger partial charge is 0.390 e. The molecular weight excluding hydrogens is 773 g/mol. The van der Waals surface area contributed by atoms with Crippen molar-refractivity contribution in [1.29, 1.82) is 0 Å². The fourth-order valence-electron chi connectivity index (χ4n) is 11.8. The number of benzene rings is 2. The molecule has 8 nitrogen and oxygen atoms in total. The van der Waals surface area contributed by atoms with Gasteiger partial charge in [0.05, 0.1) is 17.8 Å². The number of ether oxygens (including phenoxy) is 1. The highest BCUT2D eigenvalue weighted by atomic mass is 16.6. The summed E-state index contributed by atoms with van der Waals surface area (Å²) in [6, 6.07) is 19.9. The molecule has 330 valence electrons.